The summed E-state index contributed by atoms with van der Waals surface area (Å²) < 4.78 is 32.3. The van der Waals surface area contributed by atoms with E-state index in [4.69, 9.17) is 4.74 Å². The second kappa shape index (κ2) is 6.91. The Morgan fingerprint density at radius 1 is 1.33 bits per heavy atom. The van der Waals surface area contributed by atoms with E-state index in [1.54, 1.807) is 13.8 Å². The zero-order valence-corrected chi connectivity index (χ0v) is 11.5. The lowest BCUT2D eigenvalue weighted by molar-refractivity contribution is 0.121. The van der Waals surface area contributed by atoms with Crippen molar-refractivity contribution >= 4 is 16.3 Å². The van der Waals surface area contributed by atoms with Crippen LogP contribution in [0.25, 0.3) is 0 Å². The molecule has 1 fully saturated rings. The molecule has 0 aromatic rings. The highest BCUT2D eigenvalue weighted by atomic mass is 32.2. The Kier molecular flexibility index (Phi) is 5.83. The van der Waals surface area contributed by atoms with Gasteiger partial charge in [0.05, 0.1) is 6.10 Å². The first-order chi connectivity index (χ1) is 8.39. The fraction of sp³-hybridized carbons (Fsp3) is 0.900. The van der Waals surface area contributed by atoms with Crippen LogP contribution in [0.5, 0.6) is 0 Å². The van der Waals surface area contributed by atoms with Crippen LogP contribution in [-0.4, -0.2) is 39.7 Å². The van der Waals surface area contributed by atoms with E-state index in [0.29, 0.717) is 6.42 Å². The molecular weight excluding hydrogens is 258 g/mol. The van der Waals surface area contributed by atoms with Crippen molar-refractivity contribution in [3.05, 3.63) is 0 Å². The third-order valence-corrected chi connectivity index (χ3v) is 3.54. The van der Waals surface area contributed by atoms with E-state index in [-0.39, 0.29) is 12.1 Å². The van der Waals surface area contributed by atoms with Gasteiger partial charge in [0, 0.05) is 6.04 Å². The largest absolute Gasteiger partial charge is 0.446 e. The van der Waals surface area contributed by atoms with Gasteiger partial charge in [0.1, 0.15) is 0 Å². The molecule has 1 heterocycles. The van der Waals surface area contributed by atoms with E-state index in [0.717, 1.165) is 25.9 Å². The Balaban J connectivity index is 2.45. The Morgan fingerprint density at radius 3 is 2.72 bits per heavy atom. The van der Waals surface area contributed by atoms with Crippen molar-refractivity contribution in [1.82, 2.24) is 14.8 Å². The molecule has 0 bridgehead atoms. The molecule has 1 aliphatic heterocycles. The molecule has 1 aliphatic rings. The number of nitrogens with one attached hydrogen (secondary N) is 3. The van der Waals surface area contributed by atoms with Crippen LogP contribution in [0.3, 0.4) is 0 Å². The van der Waals surface area contributed by atoms with E-state index in [9.17, 15) is 13.2 Å². The van der Waals surface area contributed by atoms with Crippen LogP contribution in [0, 0.1) is 0 Å². The molecule has 0 saturated carbocycles. The smallest absolute Gasteiger partial charge is 0.422 e. The maximum atomic E-state index is 11.7. The Hall–Kier alpha value is -0.860. The molecule has 1 amide bonds. The molecule has 8 heteroatoms. The third-order valence-electron chi connectivity index (χ3n) is 2.46. The van der Waals surface area contributed by atoms with Crippen LogP contribution >= 0.6 is 0 Å². The molecule has 0 spiro atoms. The van der Waals surface area contributed by atoms with Crippen molar-refractivity contribution < 1.29 is 17.9 Å². The number of carbonyl (C=O) groups excluding carboxylic acids is 1. The summed E-state index contributed by atoms with van der Waals surface area (Å²) in [6, 6.07) is -0.149. The summed E-state index contributed by atoms with van der Waals surface area (Å²) in [5, 5.41) is 3.18. The molecule has 1 rings (SSSR count). The first kappa shape index (κ1) is 15.2. The molecule has 0 aliphatic carbocycles. The van der Waals surface area contributed by atoms with Gasteiger partial charge >= 0.3 is 16.3 Å². The Labute approximate surface area is 108 Å². The van der Waals surface area contributed by atoms with Gasteiger partial charge in [0.25, 0.3) is 0 Å². The van der Waals surface area contributed by atoms with Gasteiger partial charge in [-0.05, 0) is 46.2 Å². The summed E-state index contributed by atoms with van der Waals surface area (Å²) in [5.74, 6) is 0. The number of hydrogen-bond acceptors (Lipinski definition) is 5. The molecular formula is C10H21N3O4S. The average molecular weight is 279 g/mol. The summed E-state index contributed by atoms with van der Waals surface area (Å²) in [6.07, 6.45) is 1.06. The standard InChI is InChI=1S/C10H21N3O4S/c1-8(2)17-10(14)13-18(15,16)12-9-4-3-6-11-7-5-9/h8-9,11-12H,3-7H2,1-2H3,(H,13,14). The minimum absolute atomic E-state index is 0.149. The fourth-order valence-corrected chi connectivity index (χ4v) is 2.73. The number of carbonyl (C=O) groups is 1. The van der Waals surface area contributed by atoms with Crippen molar-refractivity contribution in [1.29, 1.82) is 0 Å². The monoisotopic (exact) mass is 279 g/mol. The Morgan fingerprint density at radius 2 is 2.06 bits per heavy atom. The minimum atomic E-state index is -3.84. The maximum absolute atomic E-state index is 11.7. The van der Waals surface area contributed by atoms with Gasteiger partial charge < -0.3 is 10.1 Å². The topological polar surface area (TPSA) is 96.5 Å². The minimum Gasteiger partial charge on any atom is -0.446 e. The summed E-state index contributed by atoms with van der Waals surface area (Å²) in [5.41, 5.74) is 0. The number of amides is 1. The highest BCUT2D eigenvalue weighted by Crippen LogP contribution is 2.05. The van der Waals surface area contributed by atoms with Crippen molar-refractivity contribution in [3.8, 4) is 0 Å². The van der Waals surface area contributed by atoms with Crippen molar-refractivity contribution in [3.63, 3.8) is 0 Å². The van der Waals surface area contributed by atoms with Crippen LogP contribution in [0.1, 0.15) is 33.1 Å². The normalized spacial score (nSPS) is 21.4. The zero-order valence-electron chi connectivity index (χ0n) is 10.7. The lowest BCUT2D eigenvalue weighted by atomic mass is 10.1. The predicted octanol–water partition coefficient (Wildman–Crippen LogP) is 0.0975. The number of rotatable bonds is 4. The molecule has 0 aromatic heterocycles. The first-order valence-corrected chi connectivity index (χ1v) is 7.59. The molecule has 1 unspecified atom stereocenters. The second-order valence-electron chi connectivity index (χ2n) is 4.56. The summed E-state index contributed by atoms with van der Waals surface area (Å²) >= 11 is 0. The van der Waals surface area contributed by atoms with Crippen LogP contribution in [-0.2, 0) is 14.9 Å². The molecule has 0 aromatic carbocycles. The van der Waals surface area contributed by atoms with Crippen molar-refractivity contribution in [2.45, 2.75) is 45.3 Å². The SMILES string of the molecule is CC(C)OC(=O)NS(=O)(=O)NC1CCCNCC1. The van der Waals surface area contributed by atoms with Crippen LogP contribution in [0.2, 0.25) is 0 Å². The van der Waals surface area contributed by atoms with Crippen molar-refractivity contribution in [2.24, 2.45) is 0 Å². The summed E-state index contributed by atoms with van der Waals surface area (Å²) in [7, 11) is -3.84. The number of hydrogen-bond donors (Lipinski definition) is 3. The molecule has 1 saturated heterocycles. The van der Waals surface area contributed by atoms with E-state index in [2.05, 4.69) is 10.0 Å². The molecule has 106 valence electrons. The average Bonchev–Trinajstić information content (AvgIpc) is 2.42. The molecule has 3 N–H and O–H groups in total. The Bertz CT molecular complexity index is 361. The van der Waals surface area contributed by atoms with Gasteiger partial charge in [-0.25, -0.2) is 9.52 Å². The van der Waals surface area contributed by atoms with E-state index in [1.165, 1.54) is 0 Å². The van der Waals surface area contributed by atoms with Crippen LogP contribution < -0.4 is 14.8 Å². The molecule has 7 nitrogen and oxygen atoms in total. The second-order valence-corrected chi connectivity index (χ2v) is 6.00. The van der Waals surface area contributed by atoms with Crippen LogP contribution in [0.4, 0.5) is 4.79 Å². The van der Waals surface area contributed by atoms with E-state index in [1.807, 2.05) is 4.72 Å². The van der Waals surface area contributed by atoms with Crippen LogP contribution in [0.15, 0.2) is 0 Å². The lowest BCUT2D eigenvalue weighted by Gasteiger charge is -2.16. The van der Waals surface area contributed by atoms with Crippen molar-refractivity contribution in [2.75, 3.05) is 13.1 Å². The van der Waals surface area contributed by atoms with E-state index < -0.39 is 16.3 Å². The molecule has 18 heavy (non-hydrogen) atoms. The van der Waals surface area contributed by atoms with Gasteiger partial charge in [-0.2, -0.15) is 13.1 Å². The van der Waals surface area contributed by atoms with E-state index >= 15 is 0 Å². The molecule has 0 radical (unpaired) electrons. The quantitative estimate of drug-likeness (QED) is 0.678. The first-order valence-electron chi connectivity index (χ1n) is 6.10. The summed E-state index contributed by atoms with van der Waals surface area (Å²) in [6.45, 7) is 4.96. The fourth-order valence-electron chi connectivity index (χ4n) is 1.73. The van der Waals surface area contributed by atoms with Gasteiger partial charge in [-0.1, -0.05) is 0 Å². The lowest BCUT2D eigenvalue weighted by Crippen LogP contribution is -2.45. The van der Waals surface area contributed by atoms with Gasteiger partial charge in [0.15, 0.2) is 0 Å². The van der Waals surface area contributed by atoms with Gasteiger partial charge in [0.2, 0.25) is 0 Å². The highest BCUT2D eigenvalue weighted by molar-refractivity contribution is 7.88. The maximum Gasteiger partial charge on any atom is 0.422 e. The summed E-state index contributed by atoms with van der Waals surface area (Å²) in [4.78, 5) is 11.2. The van der Waals surface area contributed by atoms with Gasteiger partial charge in [-0.15, -0.1) is 0 Å². The molecule has 1 atom stereocenters. The predicted molar refractivity (Wildman–Crippen MR) is 67.3 cm³/mol. The zero-order chi connectivity index (χ0) is 13.6. The van der Waals surface area contributed by atoms with Gasteiger partial charge in [-0.3, -0.25) is 0 Å². The number of ether oxygens (including phenoxy) is 1. The third kappa shape index (κ3) is 6.18. The highest BCUT2D eigenvalue weighted by Gasteiger charge is 2.21.